The first kappa shape index (κ1) is 15.2. The molecule has 4 heteroatoms. The van der Waals surface area contributed by atoms with Gasteiger partial charge in [0.1, 0.15) is 0 Å². The van der Waals surface area contributed by atoms with Crippen LogP contribution in [-0.2, 0) is 4.74 Å². The molecule has 0 radical (unpaired) electrons. The molecule has 0 aromatic heterocycles. The lowest BCUT2D eigenvalue weighted by atomic mass is 10.1. The van der Waals surface area contributed by atoms with Gasteiger partial charge in [0, 0.05) is 51.4 Å². The number of likely N-dealkylation sites (tertiary alicyclic amines) is 1. The van der Waals surface area contributed by atoms with Gasteiger partial charge >= 0.3 is 0 Å². The largest absolute Gasteiger partial charge is 0.383 e. The van der Waals surface area contributed by atoms with Gasteiger partial charge in [-0.1, -0.05) is 0 Å². The van der Waals surface area contributed by atoms with Crippen molar-refractivity contribution in [3.63, 3.8) is 0 Å². The first-order valence-corrected chi connectivity index (χ1v) is 7.91. The maximum absolute atomic E-state index is 5.29. The fourth-order valence-corrected chi connectivity index (χ4v) is 3.36. The van der Waals surface area contributed by atoms with E-state index in [1.807, 2.05) is 0 Å². The van der Waals surface area contributed by atoms with E-state index in [9.17, 15) is 0 Å². The Bertz CT molecular complexity index is 254. The van der Waals surface area contributed by atoms with E-state index in [1.54, 1.807) is 7.11 Å². The van der Waals surface area contributed by atoms with Crippen LogP contribution in [0.15, 0.2) is 0 Å². The summed E-state index contributed by atoms with van der Waals surface area (Å²) in [6, 6.07) is 2.10. The van der Waals surface area contributed by atoms with Gasteiger partial charge in [-0.25, -0.2) is 0 Å². The summed E-state index contributed by atoms with van der Waals surface area (Å²) in [6.07, 6.45) is 3.99. The van der Waals surface area contributed by atoms with Crippen LogP contribution >= 0.6 is 0 Å². The van der Waals surface area contributed by atoms with Crippen LogP contribution in [0.5, 0.6) is 0 Å². The highest BCUT2D eigenvalue weighted by molar-refractivity contribution is 4.88. The lowest BCUT2D eigenvalue weighted by Crippen LogP contribution is -2.46. The Hall–Kier alpha value is -0.160. The zero-order valence-electron chi connectivity index (χ0n) is 12.9. The average molecular weight is 269 g/mol. The molecule has 0 saturated carbocycles. The predicted molar refractivity (Wildman–Crippen MR) is 79.6 cm³/mol. The van der Waals surface area contributed by atoms with Crippen LogP contribution in [0.1, 0.15) is 33.1 Å². The predicted octanol–water partition coefficient (Wildman–Crippen LogP) is 1.17. The molecule has 2 atom stereocenters. The minimum Gasteiger partial charge on any atom is -0.383 e. The summed E-state index contributed by atoms with van der Waals surface area (Å²) in [5, 5.41) is 3.62. The summed E-state index contributed by atoms with van der Waals surface area (Å²) in [5.41, 5.74) is 0. The Morgan fingerprint density at radius 3 is 2.79 bits per heavy atom. The number of rotatable bonds is 7. The molecule has 2 aliphatic heterocycles. The van der Waals surface area contributed by atoms with Crippen molar-refractivity contribution in [2.75, 3.05) is 46.4 Å². The summed E-state index contributed by atoms with van der Waals surface area (Å²) < 4.78 is 5.29. The third kappa shape index (κ3) is 4.42. The van der Waals surface area contributed by atoms with Crippen molar-refractivity contribution in [1.29, 1.82) is 0 Å². The molecule has 2 aliphatic rings. The second-order valence-corrected chi connectivity index (χ2v) is 6.31. The molecule has 0 aromatic rings. The summed E-state index contributed by atoms with van der Waals surface area (Å²) in [4.78, 5) is 5.27. The maximum atomic E-state index is 5.29. The van der Waals surface area contributed by atoms with Crippen LogP contribution in [0, 0.1) is 0 Å². The van der Waals surface area contributed by atoms with E-state index in [4.69, 9.17) is 4.74 Å². The van der Waals surface area contributed by atoms with E-state index < -0.39 is 0 Å². The number of hydrogen-bond acceptors (Lipinski definition) is 4. The van der Waals surface area contributed by atoms with Gasteiger partial charge in [0.25, 0.3) is 0 Å². The van der Waals surface area contributed by atoms with E-state index in [2.05, 4.69) is 29.0 Å². The van der Waals surface area contributed by atoms with Crippen molar-refractivity contribution in [3.05, 3.63) is 0 Å². The zero-order valence-corrected chi connectivity index (χ0v) is 12.9. The van der Waals surface area contributed by atoms with Crippen molar-refractivity contribution in [2.45, 2.75) is 51.2 Å². The van der Waals surface area contributed by atoms with E-state index >= 15 is 0 Å². The van der Waals surface area contributed by atoms with Crippen LogP contribution < -0.4 is 5.32 Å². The first-order chi connectivity index (χ1) is 9.20. The molecule has 2 saturated heterocycles. The van der Waals surface area contributed by atoms with Gasteiger partial charge in [0.05, 0.1) is 6.61 Å². The number of methoxy groups -OCH3 is 1. The monoisotopic (exact) mass is 269 g/mol. The van der Waals surface area contributed by atoms with Gasteiger partial charge < -0.3 is 10.1 Å². The fourth-order valence-electron chi connectivity index (χ4n) is 3.36. The van der Waals surface area contributed by atoms with Crippen LogP contribution in [0.25, 0.3) is 0 Å². The number of nitrogens with one attached hydrogen (secondary N) is 1. The summed E-state index contributed by atoms with van der Waals surface area (Å²) in [5.74, 6) is 0. The Morgan fingerprint density at radius 2 is 2.21 bits per heavy atom. The average Bonchev–Trinajstić information content (AvgIpc) is 3.05. The Labute approximate surface area is 118 Å². The molecule has 112 valence electrons. The summed E-state index contributed by atoms with van der Waals surface area (Å²) >= 11 is 0. The molecule has 2 fully saturated rings. The summed E-state index contributed by atoms with van der Waals surface area (Å²) in [6.45, 7) is 11.4. The standard InChI is InChI=1S/C15H31N3O/c1-13(2)17-8-6-15(12-17)18(9-10-19-3)11-14-5-4-7-16-14/h13-16H,4-12H2,1-3H3. The fraction of sp³-hybridized carbons (Fsp3) is 1.00. The van der Waals surface area contributed by atoms with Crippen LogP contribution in [-0.4, -0.2) is 74.4 Å². The van der Waals surface area contributed by atoms with Gasteiger partial charge in [-0.3, -0.25) is 9.80 Å². The van der Waals surface area contributed by atoms with E-state index in [0.29, 0.717) is 12.1 Å². The van der Waals surface area contributed by atoms with E-state index in [-0.39, 0.29) is 0 Å². The molecule has 4 nitrogen and oxygen atoms in total. The highest BCUT2D eigenvalue weighted by Crippen LogP contribution is 2.19. The SMILES string of the molecule is COCCN(CC1CCCN1)C1CCN(C(C)C)C1. The Balaban J connectivity index is 1.85. The molecule has 0 aromatic carbocycles. The number of ether oxygens (including phenoxy) is 1. The zero-order chi connectivity index (χ0) is 13.7. The second-order valence-electron chi connectivity index (χ2n) is 6.31. The topological polar surface area (TPSA) is 27.7 Å². The molecule has 0 amide bonds. The quantitative estimate of drug-likeness (QED) is 0.751. The van der Waals surface area contributed by atoms with E-state index in [1.165, 1.54) is 45.4 Å². The van der Waals surface area contributed by atoms with Gasteiger partial charge in [-0.05, 0) is 39.7 Å². The molecular formula is C15H31N3O. The number of nitrogens with zero attached hydrogens (tertiary/aromatic N) is 2. The van der Waals surface area contributed by atoms with Gasteiger partial charge in [-0.15, -0.1) is 0 Å². The Morgan fingerprint density at radius 1 is 1.37 bits per heavy atom. The molecule has 2 unspecified atom stereocenters. The number of hydrogen-bond donors (Lipinski definition) is 1. The van der Waals surface area contributed by atoms with Crippen molar-refractivity contribution in [3.8, 4) is 0 Å². The van der Waals surface area contributed by atoms with Crippen molar-refractivity contribution in [1.82, 2.24) is 15.1 Å². The van der Waals surface area contributed by atoms with Crippen LogP contribution in [0.3, 0.4) is 0 Å². The summed E-state index contributed by atoms with van der Waals surface area (Å²) in [7, 11) is 1.81. The minimum atomic E-state index is 0.680. The van der Waals surface area contributed by atoms with Gasteiger partial charge in [0.15, 0.2) is 0 Å². The smallest absolute Gasteiger partial charge is 0.0589 e. The minimum absolute atomic E-state index is 0.680. The van der Waals surface area contributed by atoms with Crippen molar-refractivity contribution in [2.24, 2.45) is 0 Å². The van der Waals surface area contributed by atoms with Gasteiger partial charge in [0.2, 0.25) is 0 Å². The molecular weight excluding hydrogens is 238 g/mol. The van der Waals surface area contributed by atoms with Crippen LogP contribution in [0.2, 0.25) is 0 Å². The molecule has 1 N–H and O–H groups in total. The molecule has 2 rings (SSSR count). The molecule has 0 bridgehead atoms. The van der Waals surface area contributed by atoms with Crippen LogP contribution in [0.4, 0.5) is 0 Å². The highest BCUT2D eigenvalue weighted by atomic mass is 16.5. The molecule has 2 heterocycles. The van der Waals surface area contributed by atoms with Crippen molar-refractivity contribution < 1.29 is 4.74 Å². The van der Waals surface area contributed by atoms with Crippen molar-refractivity contribution >= 4 is 0 Å². The lowest BCUT2D eigenvalue weighted by molar-refractivity contribution is 0.111. The van der Waals surface area contributed by atoms with Gasteiger partial charge in [-0.2, -0.15) is 0 Å². The van der Waals surface area contributed by atoms with E-state index in [0.717, 1.165) is 19.2 Å². The third-order valence-electron chi connectivity index (χ3n) is 4.64. The lowest BCUT2D eigenvalue weighted by Gasteiger charge is -2.31. The molecule has 0 aliphatic carbocycles. The molecule has 0 spiro atoms. The normalized spacial score (nSPS) is 28.9. The second kappa shape index (κ2) is 7.58. The maximum Gasteiger partial charge on any atom is 0.0589 e. The third-order valence-corrected chi connectivity index (χ3v) is 4.64. The Kier molecular flexibility index (Phi) is 6.07. The highest BCUT2D eigenvalue weighted by Gasteiger charge is 2.30. The first-order valence-electron chi connectivity index (χ1n) is 7.91. The molecule has 19 heavy (non-hydrogen) atoms.